The molecular formula is C26H20N2O2+2. The summed E-state index contributed by atoms with van der Waals surface area (Å²) in [6.07, 6.45) is 4.13. The number of hydrogen-bond acceptors (Lipinski definition) is 2. The fourth-order valence-electron chi connectivity index (χ4n) is 4.46. The summed E-state index contributed by atoms with van der Waals surface area (Å²) in [6.45, 7) is 0. The molecule has 4 aromatic rings. The van der Waals surface area contributed by atoms with Crippen LogP contribution in [-0.2, 0) is 14.1 Å². The molecule has 0 N–H and O–H groups in total. The van der Waals surface area contributed by atoms with Crippen LogP contribution in [0.25, 0.3) is 11.1 Å². The monoisotopic (exact) mass is 392 g/mol. The van der Waals surface area contributed by atoms with Gasteiger partial charge in [-0.2, -0.15) is 9.13 Å². The van der Waals surface area contributed by atoms with Crippen molar-refractivity contribution in [2.45, 2.75) is 0 Å². The van der Waals surface area contributed by atoms with Gasteiger partial charge >= 0.3 is 0 Å². The van der Waals surface area contributed by atoms with Crippen LogP contribution in [0, 0.1) is 0 Å². The van der Waals surface area contributed by atoms with E-state index in [0.29, 0.717) is 0 Å². The molecule has 0 fully saturated rings. The number of hydrogen-bond donors (Lipinski definition) is 0. The van der Waals surface area contributed by atoms with Gasteiger partial charge in [0.1, 0.15) is 25.6 Å². The molecule has 0 spiro atoms. The molecule has 0 amide bonds. The van der Waals surface area contributed by atoms with E-state index in [-0.39, 0.29) is 0 Å². The Bertz CT molecular complexity index is 1270. The van der Waals surface area contributed by atoms with E-state index in [0.717, 1.165) is 56.7 Å². The van der Waals surface area contributed by atoms with E-state index in [1.807, 2.05) is 48.5 Å². The van der Waals surface area contributed by atoms with Gasteiger partial charge in [-0.1, -0.05) is 36.4 Å². The molecule has 0 unspecified atom stereocenters. The van der Waals surface area contributed by atoms with Gasteiger partial charge in [-0.3, -0.25) is 0 Å². The van der Waals surface area contributed by atoms with E-state index in [2.05, 4.69) is 59.9 Å². The Kier molecular flexibility index (Phi) is 3.56. The quantitative estimate of drug-likeness (QED) is 0.355. The van der Waals surface area contributed by atoms with Crippen LogP contribution in [0.1, 0.15) is 22.5 Å². The summed E-state index contributed by atoms with van der Waals surface area (Å²) < 4.78 is 16.9. The van der Waals surface area contributed by atoms with E-state index >= 15 is 0 Å². The van der Waals surface area contributed by atoms with Crippen molar-refractivity contribution in [1.82, 2.24) is 0 Å². The van der Waals surface area contributed by atoms with Crippen molar-refractivity contribution in [1.29, 1.82) is 0 Å². The van der Waals surface area contributed by atoms with Gasteiger partial charge in [0, 0.05) is 23.3 Å². The van der Waals surface area contributed by atoms with Crippen molar-refractivity contribution in [3.05, 3.63) is 108 Å². The minimum Gasteiger partial charge on any atom is -0.450 e. The Morgan fingerprint density at radius 2 is 0.900 bits per heavy atom. The Morgan fingerprint density at radius 1 is 0.500 bits per heavy atom. The average molecular weight is 392 g/mol. The lowest BCUT2D eigenvalue weighted by Crippen LogP contribution is -2.37. The third-order valence-corrected chi connectivity index (χ3v) is 5.76. The maximum Gasteiger partial charge on any atom is 0.256 e. The van der Waals surface area contributed by atoms with Gasteiger partial charge in [-0.05, 0) is 24.3 Å². The molecular weight excluding hydrogens is 372 g/mol. The van der Waals surface area contributed by atoms with Crippen LogP contribution in [0.4, 0.5) is 0 Å². The molecule has 0 saturated carbocycles. The number of para-hydroxylation sites is 2. The molecule has 0 atom stereocenters. The van der Waals surface area contributed by atoms with Crippen molar-refractivity contribution < 1.29 is 18.6 Å². The second-order valence-corrected chi connectivity index (χ2v) is 7.61. The van der Waals surface area contributed by atoms with E-state index in [9.17, 15) is 0 Å². The summed E-state index contributed by atoms with van der Waals surface area (Å²) in [7, 11) is 4.13. The summed E-state index contributed by atoms with van der Waals surface area (Å²) in [6, 6.07) is 24.6. The first kappa shape index (κ1) is 17.0. The number of aromatic nitrogens is 2. The molecule has 0 radical (unpaired) electrons. The van der Waals surface area contributed by atoms with Gasteiger partial charge < -0.3 is 9.47 Å². The summed E-state index contributed by atoms with van der Waals surface area (Å²) in [5.74, 6) is 3.43. The van der Waals surface area contributed by atoms with Crippen LogP contribution in [0.3, 0.4) is 0 Å². The second-order valence-electron chi connectivity index (χ2n) is 7.61. The van der Waals surface area contributed by atoms with E-state index in [1.54, 1.807) is 0 Å². The summed E-state index contributed by atoms with van der Waals surface area (Å²) >= 11 is 0. The normalized spacial score (nSPS) is 15.8. The standard InChI is InChI=1S/C26H20N2O2/c1-27-15-7-13-21-25(27)23(17-9-3-5-11-19(17)29-21)24-18-10-4-6-12-20(18)30-22-14-8-16-28(2)26(22)24/h3-16H,1-2H3/q+2/b24-23+. The number of ether oxygens (including phenoxy) is 2. The molecule has 4 heteroatoms. The minimum atomic E-state index is 0.852. The Labute approximate surface area is 174 Å². The molecule has 144 valence electrons. The zero-order valence-corrected chi connectivity index (χ0v) is 16.8. The third kappa shape index (κ3) is 2.34. The lowest BCUT2D eigenvalue weighted by Gasteiger charge is -2.26. The Morgan fingerprint density at radius 3 is 1.37 bits per heavy atom. The fourth-order valence-corrected chi connectivity index (χ4v) is 4.46. The SMILES string of the molecule is C[n+]1cccc2c1/C(=C1\c3ccccc3Oc3ccc[n+](C)c31)c1ccccc1O2. The zero-order chi connectivity index (χ0) is 20.2. The average Bonchev–Trinajstić information content (AvgIpc) is 2.77. The van der Waals surface area contributed by atoms with Crippen molar-refractivity contribution in [3.8, 4) is 23.0 Å². The smallest absolute Gasteiger partial charge is 0.256 e. The molecule has 4 heterocycles. The largest absolute Gasteiger partial charge is 0.450 e. The highest BCUT2D eigenvalue weighted by Gasteiger charge is 2.39. The number of pyridine rings is 2. The van der Waals surface area contributed by atoms with Crippen LogP contribution in [0.5, 0.6) is 23.0 Å². The highest BCUT2D eigenvalue weighted by molar-refractivity contribution is 6.07. The van der Waals surface area contributed by atoms with Crippen LogP contribution < -0.4 is 18.6 Å². The highest BCUT2D eigenvalue weighted by atomic mass is 16.5. The van der Waals surface area contributed by atoms with Gasteiger partial charge in [0.25, 0.3) is 11.4 Å². The van der Waals surface area contributed by atoms with Crippen LogP contribution >= 0.6 is 0 Å². The maximum absolute atomic E-state index is 6.29. The van der Waals surface area contributed by atoms with Gasteiger partial charge in [0.05, 0.1) is 11.1 Å². The molecule has 2 aromatic heterocycles. The lowest BCUT2D eigenvalue weighted by molar-refractivity contribution is -0.675. The van der Waals surface area contributed by atoms with Crippen molar-refractivity contribution >= 4 is 11.1 Å². The zero-order valence-electron chi connectivity index (χ0n) is 16.8. The molecule has 4 nitrogen and oxygen atoms in total. The molecule has 2 aliphatic rings. The van der Waals surface area contributed by atoms with Gasteiger partial charge in [-0.25, -0.2) is 0 Å². The van der Waals surface area contributed by atoms with Crippen molar-refractivity contribution in [3.63, 3.8) is 0 Å². The molecule has 0 aliphatic carbocycles. The van der Waals surface area contributed by atoms with Gasteiger partial charge in [-0.15, -0.1) is 0 Å². The highest BCUT2D eigenvalue weighted by Crippen LogP contribution is 2.51. The maximum atomic E-state index is 6.29. The summed E-state index contributed by atoms with van der Waals surface area (Å²) in [5, 5.41) is 0. The number of nitrogens with zero attached hydrogens (tertiary/aromatic N) is 2. The lowest BCUT2D eigenvalue weighted by atomic mass is 9.86. The number of aryl methyl sites for hydroxylation is 2. The number of rotatable bonds is 0. The first-order valence-corrected chi connectivity index (χ1v) is 9.99. The van der Waals surface area contributed by atoms with E-state index in [1.165, 1.54) is 0 Å². The molecule has 30 heavy (non-hydrogen) atoms. The molecule has 6 rings (SSSR count). The first-order valence-electron chi connectivity index (χ1n) is 9.99. The van der Waals surface area contributed by atoms with Gasteiger partial charge in [0.2, 0.25) is 0 Å². The third-order valence-electron chi connectivity index (χ3n) is 5.76. The second kappa shape index (κ2) is 6.29. The van der Waals surface area contributed by atoms with Crippen LogP contribution in [-0.4, -0.2) is 0 Å². The molecule has 2 aliphatic heterocycles. The molecule has 2 aromatic carbocycles. The minimum absolute atomic E-state index is 0.852. The fraction of sp³-hybridized carbons (Fsp3) is 0.0769. The molecule has 0 bridgehead atoms. The topological polar surface area (TPSA) is 26.2 Å². The predicted molar refractivity (Wildman–Crippen MR) is 113 cm³/mol. The summed E-state index contributed by atoms with van der Waals surface area (Å²) in [5.41, 5.74) is 6.56. The van der Waals surface area contributed by atoms with Gasteiger partial charge in [0.15, 0.2) is 23.9 Å². The summed E-state index contributed by atoms with van der Waals surface area (Å²) in [4.78, 5) is 0. The first-order chi connectivity index (χ1) is 14.7. The predicted octanol–water partition coefficient (Wildman–Crippen LogP) is 4.55. The van der Waals surface area contributed by atoms with E-state index < -0.39 is 0 Å². The Balaban J connectivity index is 1.84. The van der Waals surface area contributed by atoms with Crippen molar-refractivity contribution in [2.24, 2.45) is 14.1 Å². The molecule has 0 saturated heterocycles. The number of benzene rings is 2. The Hall–Kier alpha value is -3.92. The van der Waals surface area contributed by atoms with Crippen molar-refractivity contribution in [2.75, 3.05) is 0 Å². The van der Waals surface area contributed by atoms with Crippen LogP contribution in [0.15, 0.2) is 85.2 Å². The number of fused-ring (bicyclic) bond motifs is 4. The van der Waals surface area contributed by atoms with E-state index in [4.69, 9.17) is 9.47 Å². The van der Waals surface area contributed by atoms with Crippen LogP contribution in [0.2, 0.25) is 0 Å².